The highest BCUT2D eigenvalue weighted by Crippen LogP contribution is 1.97. The van der Waals surface area contributed by atoms with Crippen molar-refractivity contribution < 1.29 is 0 Å². The van der Waals surface area contributed by atoms with E-state index in [-0.39, 0.29) is 0 Å². The van der Waals surface area contributed by atoms with E-state index in [2.05, 4.69) is 126 Å². The minimum absolute atomic E-state index is 0.842. The predicted molar refractivity (Wildman–Crippen MR) is 173 cm³/mol. The molecular weight excluding hydrogens is 454 g/mol. The molecule has 0 saturated carbocycles. The molecule has 5 nitrogen and oxygen atoms in total. The fourth-order valence-electron chi connectivity index (χ4n) is 2.70. The quantitative estimate of drug-likeness (QED) is 0.150. The van der Waals surface area contributed by atoms with Crippen LogP contribution in [0.15, 0.2) is 30.3 Å². The molecule has 1 rings (SSSR count). The standard InChI is InChI=1S/C10H15N.C7H17N.C6H15N.C5H13N.C4H11N/c1-2-11-9-8-10-6-4-3-5-7-10;1-4-8-6-5-7(2)3;1-3-5-6-7-4-2;1-3-5-6-4-2;1-3-5-4-2/h3-7,11H,2,8-9H2,1H3;7-8H,4-6H2,1-3H3;7H,3-6H2,1-2H3;6H,3-5H2,1-2H3;5H,3-4H2,1-2H3. The van der Waals surface area contributed by atoms with Gasteiger partial charge in [-0.05, 0) is 103 Å². The highest BCUT2D eigenvalue weighted by atomic mass is 14.8. The zero-order chi connectivity index (χ0) is 28.8. The second kappa shape index (κ2) is 45.0. The molecule has 1 aromatic carbocycles. The average molecular weight is 526 g/mol. The van der Waals surface area contributed by atoms with E-state index in [9.17, 15) is 0 Å². The number of unbranched alkanes of at least 4 members (excludes halogenated alkanes) is 1. The molecule has 0 spiro atoms. The summed E-state index contributed by atoms with van der Waals surface area (Å²) in [4.78, 5) is 0. The summed E-state index contributed by atoms with van der Waals surface area (Å²) in [5.41, 5.74) is 1.41. The van der Waals surface area contributed by atoms with Crippen LogP contribution < -0.4 is 26.6 Å². The van der Waals surface area contributed by atoms with E-state index in [4.69, 9.17) is 0 Å². The molecule has 0 atom stereocenters. The summed E-state index contributed by atoms with van der Waals surface area (Å²) in [5, 5.41) is 16.1. The van der Waals surface area contributed by atoms with Crippen LogP contribution in [0.3, 0.4) is 0 Å². The molecule has 0 aliphatic rings. The van der Waals surface area contributed by atoms with Crippen molar-refractivity contribution in [1.29, 1.82) is 0 Å². The van der Waals surface area contributed by atoms with Gasteiger partial charge in [0.25, 0.3) is 0 Å². The third kappa shape index (κ3) is 56.4. The van der Waals surface area contributed by atoms with Gasteiger partial charge in [-0.3, -0.25) is 0 Å². The Morgan fingerprint density at radius 1 is 0.514 bits per heavy atom. The zero-order valence-corrected chi connectivity index (χ0v) is 27.1. The number of hydrogen-bond acceptors (Lipinski definition) is 5. The Morgan fingerprint density at radius 2 is 0.973 bits per heavy atom. The summed E-state index contributed by atoms with van der Waals surface area (Å²) in [5.74, 6) is 0.842. The Hall–Kier alpha value is -0.980. The summed E-state index contributed by atoms with van der Waals surface area (Å²) in [6.45, 7) is 32.8. The van der Waals surface area contributed by atoms with Crippen molar-refractivity contribution in [2.24, 2.45) is 5.92 Å². The minimum atomic E-state index is 0.842. The Bertz CT molecular complexity index is 430. The highest BCUT2D eigenvalue weighted by molar-refractivity contribution is 5.14. The van der Waals surface area contributed by atoms with Crippen LogP contribution in [-0.2, 0) is 6.42 Å². The van der Waals surface area contributed by atoms with Gasteiger partial charge in [0.05, 0.1) is 0 Å². The van der Waals surface area contributed by atoms with Gasteiger partial charge in [-0.2, -0.15) is 0 Å². The molecule has 0 amide bonds. The van der Waals surface area contributed by atoms with Crippen LogP contribution in [0.25, 0.3) is 0 Å². The summed E-state index contributed by atoms with van der Waals surface area (Å²) in [6, 6.07) is 10.5. The molecule has 5 N–H and O–H groups in total. The molecule has 0 unspecified atom stereocenters. The topological polar surface area (TPSA) is 60.1 Å². The van der Waals surface area contributed by atoms with Crippen LogP contribution in [0.1, 0.15) is 100 Å². The summed E-state index contributed by atoms with van der Waals surface area (Å²) in [6.07, 6.45) is 6.29. The van der Waals surface area contributed by atoms with E-state index in [1.165, 1.54) is 44.3 Å². The summed E-state index contributed by atoms with van der Waals surface area (Å²) in [7, 11) is 0. The molecule has 37 heavy (non-hydrogen) atoms. The Morgan fingerprint density at radius 3 is 1.35 bits per heavy atom. The van der Waals surface area contributed by atoms with E-state index in [0.29, 0.717) is 0 Å². The summed E-state index contributed by atoms with van der Waals surface area (Å²) < 4.78 is 0. The van der Waals surface area contributed by atoms with E-state index in [1.807, 2.05) is 0 Å². The second-order valence-corrected chi connectivity index (χ2v) is 9.14. The van der Waals surface area contributed by atoms with Crippen molar-refractivity contribution in [3.63, 3.8) is 0 Å². The van der Waals surface area contributed by atoms with Gasteiger partial charge < -0.3 is 26.6 Å². The largest absolute Gasteiger partial charge is 0.317 e. The molecule has 0 aliphatic carbocycles. The van der Waals surface area contributed by atoms with Gasteiger partial charge in [-0.25, -0.2) is 0 Å². The molecule has 1 aromatic rings. The van der Waals surface area contributed by atoms with E-state index < -0.39 is 0 Å². The van der Waals surface area contributed by atoms with Gasteiger partial charge in [0.15, 0.2) is 0 Å². The highest BCUT2D eigenvalue weighted by Gasteiger charge is 1.90. The Labute approximate surface area is 235 Å². The van der Waals surface area contributed by atoms with Crippen LogP contribution in [-0.4, -0.2) is 65.4 Å². The fourth-order valence-corrected chi connectivity index (χ4v) is 2.70. The molecule has 0 heterocycles. The molecule has 224 valence electrons. The first kappa shape index (κ1) is 43.1. The molecule has 0 radical (unpaired) electrons. The number of hydrogen-bond donors (Lipinski definition) is 5. The SMILES string of the molecule is CCCCNCC.CCCNCC.CCNCC.CCNCCC(C)C.CCNCCc1ccccc1. The van der Waals surface area contributed by atoms with Crippen molar-refractivity contribution in [2.45, 2.75) is 101 Å². The lowest BCUT2D eigenvalue weighted by atomic mass is 10.1. The predicted octanol–water partition coefficient (Wildman–Crippen LogP) is 6.50. The maximum absolute atomic E-state index is 3.30. The number of nitrogens with one attached hydrogen (secondary N) is 5. The molecule has 0 fully saturated rings. The van der Waals surface area contributed by atoms with Gasteiger partial charge in [0.1, 0.15) is 0 Å². The van der Waals surface area contributed by atoms with Gasteiger partial charge in [-0.15, -0.1) is 0 Å². The van der Waals surface area contributed by atoms with Crippen LogP contribution in [0, 0.1) is 5.92 Å². The van der Waals surface area contributed by atoms with Crippen molar-refractivity contribution in [2.75, 3.05) is 65.4 Å². The lowest BCUT2D eigenvalue weighted by Crippen LogP contribution is -2.15. The lowest BCUT2D eigenvalue weighted by Gasteiger charge is -2.02. The second-order valence-electron chi connectivity index (χ2n) is 9.14. The average Bonchev–Trinajstić information content (AvgIpc) is 2.90. The molecule has 0 aromatic heterocycles. The molecular formula is C32H71N5. The summed E-state index contributed by atoms with van der Waals surface area (Å²) >= 11 is 0. The van der Waals surface area contributed by atoms with Crippen molar-refractivity contribution in [3.05, 3.63) is 35.9 Å². The maximum Gasteiger partial charge on any atom is -0.000847 e. The van der Waals surface area contributed by atoms with Gasteiger partial charge in [0.2, 0.25) is 0 Å². The number of likely N-dealkylation sites (N-methyl/N-ethyl adjacent to an activating group) is 1. The van der Waals surface area contributed by atoms with E-state index in [1.54, 1.807) is 0 Å². The van der Waals surface area contributed by atoms with Crippen molar-refractivity contribution in [1.82, 2.24) is 26.6 Å². The normalized spacial score (nSPS) is 9.59. The fraction of sp³-hybridized carbons (Fsp3) is 0.812. The maximum atomic E-state index is 3.30. The van der Waals surface area contributed by atoms with E-state index in [0.717, 1.165) is 64.7 Å². The first-order valence-electron chi connectivity index (χ1n) is 15.5. The van der Waals surface area contributed by atoms with Crippen molar-refractivity contribution in [3.8, 4) is 0 Å². The van der Waals surface area contributed by atoms with Crippen LogP contribution in [0.5, 0.6) is 0 Å². The molecule has 0 bridgehead atoms. The van der Waals surface area contributed by atoms with Crippen LogP contribution in [0.2, 0.25) is 0 Å². The molecule has 5 heteroatoms. The van der Waals surface area contributed by atoms with Crippen LogP contribution >= 0.6 is 0 Å². The molecule has 0 saturated heterocycles. The monoisotopic (exact) mass is 526 g/mol. The Balaban J connectivity index is -0.000000190. The lowest BCUT2D eigenvalue weighted by molar-refractivity contribution is 0.546. The third-order valence-corrected chi connectivity index (χ3v) is 4.97. The zero-order valence-electron chi connectivity index (χ0n) is 27.1. The number of benzene rings is 1. The van der Waals surface area contributed by atoms with Crippen molar-refractivity contribution >= 4 is 0 Å². The molecule has 0 aliphatic heterocycles. The first-order chi connectivity index (χ1) is 17.9. The van der Waals surface area contributed by atoms with Gasteiger partial charge in [-0.1, -0.05) is 106 Å². The first-order valence-corrected chi connectivity index (χ1v) is 15.5. The van der Waals surface area contributed by atoms with E-state index >= 15 is 0 Å². The number of rotatable bonds is 17. The smallest absolute Gasteiger partial charge is 0.000847 e. The third-order valence-electron chi connectivity index (χ3n) is 4.97. The Kier molecular flexibility index (Phi) is 52.4. The minimum Gasteiger partial charge on any atom is -0.317 e. The van der Waals surface area contributed by atoms with Gasteiger partial charge in [0, 0.05) is 0 Å². The van der Waals surface area contributed by atoms with Gasteiger partial charge >= 0.3 is 0 Å². The van der Waals surface area contributed by atoms with Crippen LogP contribution in [0.4, 0.5) is 0 Å².